The Kier molecular flexibility index (Phi) is 5.23. The molecule has 0 atom stereocenters. The van der Waals surface area contributed by atoms with Crippen molar-refractivity contribution in [2.45, 2.75) is 18.4 Å². The zero-order chi connectivity index (χ0) is 17.0. The molecule has 0 amide bonds. The van der Waals surface area contributed by atoms with E-state index in [-0.39, 0.29) is 23.6 Å². The van der Waals surface area contributed by atoms with Crippen LogP contribution in [0.3, 0.4) is 0 Å². The van der Waals surface area contributed by atoms with E-state index in [0.29, 0.717) is 0 Å². The summed E-state index contributed by atoms with van der Waals surface area (Å²) in [5, 5.41) is 0. The zero-order valence-corrected chi connectivity index (χ0v) is 14.2. The van der Waals surface area contributed by atoms with Gasteiger partial charge in [0.05, 0.1) is 11.4 Å². The maximum Gasteiger partial charge on any atom is 0.250 e. The summed E-state index contributed by atoms with van der Waals surface area (Å²) < 4.78 is 32.3. The lowest BCUT2D eigenvalue weighted by atomic mass is 10.2. The third-order valence-electron chi connectivity index (χ3n) is 3.33. The van der Waals surface area contributed by atoms with Crippen LogP contribution in [0, 0.1) is 6.92 Å². The van der Waals surface area contributed by atoms with Crippen molar-refractivity contribution in [1.29, 1.82) is 0 Å². The highest BCUT2D eigenvalue weighted by molar-refractivity contribution is 7.89. The SMILES string of the molecule is Cc1cccc(OCCn2cc(S(=O)(=O)N(C)C)ccc2=O)c1. The first kappa shape index (κ1) is 17.2. The van der Waals surface area contributed by atoms with Crippen LogP contribution in [0.1, 0.15) is 5.56 Å². The van der Waals surface area contributed by atoms with Gasteiger partial charge in [-0.05, 0) is 30.7 Å². The lowest BCUT2D eigenvalue weighted by Crippen LogP contribution is -2.27. The number of sulfonamides is 1. The molecule has 0 aliphatic carbocycles. The van der Waals surface area contributed by atoms with Crippen molar-refractivity contribution in [3.05, 3.63) is 58.5 Å². The number of benzene rings is 1. The van der Waals surface area contributed by atoms with E-state index in [0.717, 1.165) is 15.6 Å². The average molecular weight is 336 g/mol. The Morgan fingerprint density at radius 1 is 1.17 bits per heavy atom. The molecule has 0 aliphatic heterocycles. The smallest absolute Gasteiger partial charge is 0.250 e. The fourth-order valence-electron chi connectivity index (χ4n) is 2.01. The Labute approximate surface area is 136 Å². The molecule has 0 aliphatic rings. The van der Waals surface area contributed by atoms with Crippen molar-refractivity contribution >= 4 is 10.0 Å². The third kappa shape index (κ3) is 4.20. The molecule has 0 N–H and O–H groups in total. The summed E-state index contributed by atoms with van der Waals surface area (Å²) >= 11 is 0. The van der Waals surface area contributed by atoms with Gasteiger partial charge < -0.3 is 9.30 Å². The Morgan fingerprint density at radius 3 is 2.57 bits per heavy atom. The van der Waals surface area contributed by atoms with E-state index in [1.807, 2.05) is 31.2 Å². The number of ether oxygens (including phenoxy) is 1. The Morgan fingerprint density at radius 2 is 1.91 bits per heavy atom. The van der Waals surface area contributed by atoms with Gasteiger partial charge in [0.15, 0.2) is 0 Å². The molecule has 0 radical (unpaired) electrons. The van der Waals surface area contributed by atoms with Crippen LogP contribution in [0.2, 0.25) is 0 Å². The number of nitrogens with zero attached hydrogens (tertiary/aromatic N) is 2. The monoisotopic (exact) mass is 336 g/mol. The summed E-state index contributed by atoms with van der Waals surface area (Å²) in [7, 11) is -0.666. The van der Waals surface area contributed by atoms with E-state index >= 15 is 0 Å². The van der Waals surface area contributed by atoms with E-state index in [2.05, 4.69) is 0 Å². The fourth-order valence-corrected chi connectivity index (χ4v) is 2.94. The van der Waals surface area contributed by atoms with E-state index in [9.17, 15) is 13.2 Å². The summed E-state index contributed by atoms with van der Waals surface area (Å²) in [5.74, 6) is 0.718. The van der Waals surface area contributed by atoms with Crippen LogP contribution in [0.5, 0.6) is 5.75 Å². The van der Waals surface area contributed by atoms with Gasteiger partial charge in [0, 0.05) is 26.4 Å². The Hall–Kier alpha value is -2.12. The standard InChI is InChI=1S/C16H20N2O4S/c1-13-5-4-6-14(11-13)22-10-9-18-12-15(7-8-16(18)19)23(20,21)17(2)3/h4-8,11-12H,9-10H2,1-3H3. The molecule has 0 spiro atoms. The first-order valence-corrected chi connectivity index (χ1v) is 8.57. The molecular weight excluding hydrogens is 316 g/mol. The number of hydrogen-bond donors (Lipinski definition) is 0. The second kappa shape index (κ2) is 6.97. The van der Waals surface area contributed by atoms with Crippen LogP contribution in [0.15, 0.2) is 52.3 Å². The lowest BCUT2D eigenvalue weighted by Gasteiger charge is -2.13. The minimum Gasteiger partial charge on any atom is -0.492 e. The summed E-state index contributed by atoms with van der Waals surface area (Å²) in [4.78, 5) is 11.9. The first-order valence-electron chi connectivity index (χ1n) is 7.13. The Bertz CT molecular complexity index is 841. The minimum atomic E-state index is -3.57. The molecule has 1 aromatic heterocycles. The van der Waals surface area contributed by atoms with Crippen molar-refractivity contribution in [3.8, 4) is 5.75 Å². The van der Waals surface area contributed by atoms with E-state index < -0.39 is 10.0 Å². The zero-order valence-electron chi connectivity index (χ0n) is 13.4. The number of pyridine rings is 1. The van der Waals surface area contributed by atoms with Crippen LogP contribution < -0.4 is 10.3 Å². The highest BCUT2D eigenvalue weighted by Gasteiger charge is 2.18. The number of hydrogen-bond acceptors (Lipinski definition) is 4. The minimum absolute atomic E-state index is 0.0812. The summed E-state index contributed by atoms with van der Waals surface area (Å²) in [6.07, 6.45) is 1.34. The fraction of sp³-hybridized carbons (Fsp3) is 0.312. The van der Waals surface area contributed by atoms with Crippen molar-refractivity contribution in [2.24, 2.45) is 0 Å². The van der Waals surface area contributed by atoms with Gasteiger partial charge in [0.2, 0.25) is 10.0 Å². The molecule has 0 saturated carbocycles. The van der Waals surface area contributed by atoms with Crippen LogP contribution in [-0.2, 0) is 16.6 Å². The molecule has 0 saturated heterocycles. The van der Waals surface area contributed by atoms with Crippen LogP contribution in [0.25, 0.3) is 0 Å². The van der Waals surface area contributed by atoms with Gasteiger partial charge in [-0.3, -0.25) is 4.79 Å². The van der Waals surface area contributed by atoms with Crippen molar-refractivity contribution < 1.29 is 13.2 Å². The van der Waals surface area contributed by atoms with Crippen molar-refractivity contribution in [3.63, 3.8) is 0 Å². The average Bonchev–Trinajstić information content (AvgIpc) is 2.49. The van der Waals surface area contributed by atoms with Gasteiger partial charge in [0.1, 0.15) is 12.4 Å². The van der Waals surface area contributed by atoms with Gasteiger partial charge in [-0.15, -0.1) is 0 Å². The molecule has 2 aromatic rings. The highest BCUT2D eigenvalue weighted by atomic mass is 32.2. The van der Waals surface area contributed by atoms with Gasteiger partial charge >= 0.3 is 0 Å². The quantitative estimate of drug-likeness (QED) is 0.801. The predicted octanol–water partition coefficient (Wildman–Crippen LogP) is 1.49. The highest BCUT2D eigenvalue weighted by Crippen LogP contribution is 2.13. The Balaban J connectivity index is 2.13. The number of aryl methyl sites for hydroxylation is 1. The van der Waals surface area contributed by atoms with Crippen molar-refractivity contribution in [1.82, 2.24) is 8.87 Å². The maximum absolute atomic E-state index is 12.1. The molecule has 0 unspecified atom stereocenters. The first-order chi connectivity index (χ1) is 10.8. The lowest BCUT2D eigenvalue weighted by molar-refractivity contribution is 0.295. The molecular formula is C16H20N2O4S. The molecule has 0 bridgehead atoms. The molecule has 1 aromatic carbocycles. The second-order valence-electron chi connectivity index (χ2n) is 5.35. The molecule has 1 heterocycles. The van der Waals surface area contributed by atoms with Crippen LogP contribution >= 0.6 is 0 Å². The largest absolute Gasteiger partial charge is 0.492 e. The predicted molar refractivity (Wildman–Crippen MR) is 88.2 cm³/mol. The van der Waals surface area contributed by atoms with Crippen molar-refractivity contribution in [2.75, 3.05) is 20.7 Å². The normalized spacial score (nSPS) is 11.7. The molecule has 0 fully saturated rings. The van der Waals surface area contributed by atoms with E-state index in [1.54, 1.807) is 0 Å². The summed E-state index contributed by atoms with van der Waals surface area (Å²) in [6, 6.07) is 10.2. The molecule has 7 heteroatoms. The maximum atomic E-state index is 12.1. The summed E-state index contributed by atoms with van der Waals surface area (Å²) in [5.41, 5.74) is 0.814. The van der Waals surface area contributed by atoms with Gasteiger partial charge in [-0.2, -0.15) is 0 Å². The third-order valence-corrected chi connectivity index (χ3v) is 5.12. The van der Waals surface area contributed by atoms with Crippen LogP contribution in [0.4, 0.5) is 0 Å². The molecule has 6 nitrogen and oxygen atoms in total. The van der Waals surface area contributed by atoms with Gasteiger partial charge in [-0.1, -0.05) is 12.1 Å². The van der Waals surface area contributed by atoms with E-state index in [1.165, 1.54) is 37.0 Å². The summed E-state index contributed by atoms with van der Waals surface area (Å²) in [6.45, 7) is 2.51. The number of aromatic nitrogens is 1. The van der Waals surface area contributed by atoms with Gasteiger partial charge in [-0.25, -0.2) is 12.7 Å². The molecule has 124 valence electrons. The van der Waals surface area contributed by atoms with E-state index in [4.69, 9.17) is 4.74 Å². The second-order valence-corrected chi connectivity index (χ2v) is 7.50. The van der Waals surface area contributed by atoms with Gasteiger partial charge in [0.25, 0.3) is 5.56 Å². The molecule has 23 heavy (non-hydrogen) atoms. The topological polar surface area (TPSA) is 68.6 Å². The number of rotatable bonds is 6. The van der Waals surface area contributed by atoms with Crippen LogP contribution in [-0.4, -0.2) is 38.0 Å². The molecule has 2 rings (SSSR count).